The SMILES string of the molecule is Cc1sc(N(CCc2cccs2)c2ccc(C#N)cc2)nc1C(=O)NS(C)(=O)=O. The number of rotatable bonds is 7. The summed E-state index contributed by atoms with van der Waals surface area (Å²) in [5.74, 6) is -0.745. The molecule has 0 radical (unpaired) electrons. The number of aromatic nitrogens is 1. The van der Waals surface area contributed by atoms with Crippen LogP contribution in [-0.2, 0) is 16.4 Å². The van der Waals surface area contributed by atoms with Crippen LogP contribution in [0.25, 0.3) is 0 Å². The number of nitrogens with one attached hydrogen (secondary N) is 1. The van der Waals surface area contributed by atoms with E-state index < -0.39 is 15.9 Å². The van der Waals surface area contributed by atoms with E-state index >= 15 is 0 Å². The summed E-state index contributed by atoms with van der Waals surface area (Å²) in [6, 6.07) is 13.3. The first kappa shape index (κ1) is 21.0. The van der Waals surface area contributed by atoms with Crippen molar-refractivity contribution in [1.29, 1.82) is 5.26 Å². The highest BCUT2D eigenvalue weighted by Crippen LogP contribution is 2.32. The lowest BCUT2D eigenvalue weighted by molar-refractivity contribution is 0.0977. The van der Waals surface area contributed by atoms with Crippen LogP contribution in [-0.4, -0.2) is 32.1 Å². The van der Waals surface area contributed by atoms with Crippen LogP contribution in [0.3, 0.4) is 0 Å². The van der Waals surface area contributed by atoms with Crippen molar-refractivity contribution in [3.05, 3.63) is 62.8 Å². The summed E-state index contributed by atoms with van der Waals surface area (Å²) in [5, 5.41) is 11.6. The van der Waals surface area contributed by atoms with Crippen molar-refractivity contribution < 1.29 is 13.2 Å². The van der Waals surface area contributed by atoms with Gasteiger partial charge in [0.1, 0.15) is 5.69 Å². The molecule has 0 unspecified atom stereocenters. The van der Waals surface area contributed by atoms with Gasteiger partial charge in [-0.15, -0.1) is 22.7 Å². The Bertz CT molecular complexity index is 1140. The Morgan fingerprint density at radius 1 is 1.28 bits per heavy atom. The largest absolute Gasteiger partial charge is 0.317 e. The van der Waals surface area contributed by atoms with E-state index in [1.165, 1.54) is 16.2 Å². The monoisotopic (exact) mass is 446 g/mol. The molecule has 2 heterocycles. The fraction of sp³-hybridized carbons (Fsp3) is 0.211. The van der Waals surface area contributed by atoms with Gasteiger partial charge in [0.2, 0.25) is 10.0 Å². The number of carbonyl (C=O) groups is 1. The van der Waals surface area contributed by atoms with Crippen LogP contribution in [0.1, 0.15) is 25.8 Å². The summed E-state index contributed by atoms with van der Waals surface area (Å²) in [4.78, 5) is 20.5. The lowest BCUT2D eigenvalue weighted by atomic mass is 10.2. The zero-order valence-electron chi connectivity index (χ0n) is 15.7. The highest BCUT2D eigenvalue weighted by atomic mass is 32.2. The van der Waals surface area contributed by atoms with Gasteiger partial charge in [0.15, 0.2) is 5.13 Å². The van der Waals surface area contributed by atoms with Crippen molar-refractivity contribution in [2.75, 3.05) is 17.7 Å². The third-order valence-corrected chi connectivity index (χ3v) is 6.47. The number of nitriles is 1. The van der Waals surface area contributed by atoms with Crippen LogP contribution in [0.15, 0.2) is 41.8 Å². The molecule has 3 rings (SSSR count). The normalized spacial score (nSPS) is 11.1. The van der Waals surface area contributed by atoms with Gasteiger partial charge < -0.3 is 4.90 Å². The van der Waals surface area contributed by atoms with Gasteiger partial charge in [-0.25, -0.2) is 18.1 Å². The third kappa shape index (κ3) is 5.41. The number of thiophene rings is 1. The number of anilines is 2. The maximum absolute atomic E-state index is 12.3. The molecule has 0 fully saturated rings. The molecule has 7 nitrogen and oxygen atoms in total. The van der Waals surface area contributed by atoms with Crippen molar-refractivity contribution in [1.82, 2.24) is 9.71 Å². The molecule has 0 saturated heterocycles. The minimum Gasteiger partial charge on any atom is -0.317 e. The Kier molecular flexibility index (Phi) is 6.32. The lowest BCUT2D eigenvalue weighted by Crippen LogP contribution is -2.30. The highest BCUT2D eigenvalue weighted by Gasteiger charge is 2.22. The first-order valence-electron chi connectivity index (χ1n) is 8.56. The lowest BCUT2D eigenvalue weighted by Gasteiger charge is -2.22. The topological polar surface area (TPSA) is 103 Å². The molecule has 0 spiro atoms. The molecule has 0 atom stereocenters. The number of amides is 1. The number of hydrogen-bond donors (Lipinski definition) is 1. The minimum absolute atomic E-state index is 0.0881. The van der Waals surface area contributed by atoms with Crippen LogP contribution in [0, 0.1) is 18.3 Å². The molecule has 0 aliphatic rings. The zero-order chi connectivity index (χ0) is 21.0. The van der Waals surface area contributed by atoms with Crippen LogP contribution in [0.4, 0.5) is 10.8 Å². The first-order chi connectivity index (χ1) is 13.8. The van der Waals surface area contributed by atoms with E-state index in [1.807, 2.05) is 33.2 Å². The molecule has 2 aromatic heterocycles. The van der Waals surface area contributed by atoms with Gasteiger partial charge in [-0.1, -0.05) is 6.07 Å². The van der Waals surface area contributed by atoms with Crippen molar-refractivity contribution in [3.8, 4) is 6.07 Å². The van der Waals surface area contributed by atoms with Gasteiger partial charge in [-0.2, -0.15) is 5.26 Å². The molecule has 1 amide bonds. The zero-order valence-corrected chi connectivity index (χ0v) is 18.2. The van der Waals surface area contributed by atoms with E-state index in [-0.39, 0.29) is 5.69 Å². The second kappa shape index (κ2) is 8.73. The average molecular weight is 447 g/mol. The van der Waals surface area contributed by atoms with E-state index in [0.717, 1.165) is 18.4 Å². The van der Waals surface area contributed by atoms with E-state index in [1.54, 1.807) is 30.4 Å². The first-order valence-corrected chi connectivity index (χ1v) is 12.1. The Hall–Kier alpha value is -2.74. The molecule has 29 heavy (non-hydrogen) atoms. The van der Waals surface area contributed by atoms with E-state index in [2.05, 4.69) is 17.1 Å². The molecular formula is C19H18N4O3S3. The predicted octanol–water partition coefficient (Wildman–Crippen LogP) is 3.45. The van der Waals surface area contributed by atoms with E-state index in [0.29, 0.717) is 22.1 Å². The molecule has 1 N–H and O–H groups in total. The highest BCUT2D eigenvalue weighted by molar-refractivity contribution is 7.89. The quantitative estimate of drug-likeness (QED) is 0.596. The smallest absolute Gasteiger partial charge is 0.284 e. The number of thiazole rings is 1. The molecule has 0 saturated carbocycles. The fourth-order valence-electron chi connectivity index (χ4n) is 2.65. The Morgan fingerprint density at radius 2 is 2.00 bits per heavy atom. The second-order valence-corrected chi connectivity index (χ2v) is 10.2. The van der Waals surface area contributed by atoms with Gasteiger partial charge >= 0.3 is 0 Å². The Labute approximate surface area is 177 Å². The summed E-state index contributed by atoms with van der Waals surface area (Å²) in [6.45, 7) is 2.35. The van der Waals surface area contributed by atoms with Crippen LogP contribution in [0.2, 0.25) is 0 Å². The molecule has 0 bridgehead atoms. The van der Waals surface area contributed by atoms with Crippen molar-refractivity contribution >= 4 is 49.4 Å². The maximum atomic E-state index is 12.3. The van der Waals surface area contributed by atoms with Gasteiger partial charge in [0, 0.05) is 22.0 Å². The van der Waals surface area contributed by atoms with E-state index in [4.69, 9.17) is 5.26 Å². The average Bonchev–Trinajstić information content (AvgIpc) is 3.31. The number of benzene rings is 1. The number of hydrogen-bond acceptors (Lipinski definition) is 8. The molecule has 0 aliphatic carbocycles. The number of nitrogens with zero attached hydrogens (tertiary/aromatic N) is 3. The second-order valence-electron chi connectivity index (χ2n) is 6.24. The summed E-state index contributed by atoms with van der Waals surface area (Å²) >= 11 is 2.98. The predicted molar refractivity (Wildman–Crippen MR) is 115 cm³/mol. The number of aryl methyl sites for hydroxylation is 1. The molecule has 0 aliphatic heterocycles. The van der Waals surface area contributed by atoms with Gasteiger partial charge in [0.05, 0.1) is 17.9 Å². The van der Waals surface area contributed by atoms with E-state index in [9.17, 15) is 13.2 Å². The molecular weight excluding hydrogens is 428 g/mol. The summed E-state index contributed by atoms with van der Waals surface area (Å²) in [6.07, 6.45) is 1.71. The third-order valence-electron chi connectivity index (χ3n) is 3.98. The van der Waals surface area contributed by atoms with Crippen molar-refractivity contribution in [3.63, 3.8) is 0 Å². The van der Waals surface area contributed by atoms with Crippen molar-refractivity contribution in [2.24, 2.45) is 0 Å². The minimum atomic E-state index is -3.68. The maximum Gasteiger partial charge on any atom is 0.284 e. The Morgan fingerprint density at radius 3 is 2.59 bits per heavy atom. The van der Waals surface area contributed by atoms with Crippen LogP contribution >= 0.6 is 22.7 Å². The molecule has 3 aromatic rings. The number of carbonyl (C=O) groups excluding carboxylic acids is 1. The number of sulfonamides is 1. The fourth-order valence-corrected chi connectivity index (χ4v) is 4.74. The molecule has 10 heteroatoms. The van der Waals surface area contributed by atoms with Gasteiger partial charge in [-0.05, 0) is 49.1 Å². The molecule has 1 aromatic carbocycles. The Balaban J connectivity index is 1.93. The van der Waals surface area contributed by atoms with Crippen LogP contribution < -0.4 is 9.62 Å². The van der Waals surface area contributed by atoms with Crippen LogP contribution in [0.5, 0.6) is 0 Å². The van der Waals surface area contributed by atoms with Crippen molar-refractivity contribution in [2.45, 2.75) is 13.3 Å². The summed E-state index contributed by atoms with van der Waals surface area (Å²) < 4.78 is 24.7. The van der Waals surface area contributed by atoms with Gasteiger partial charge in [0.25, 0.3) is 5.91 Å². The molecule has 150 valence electrons. The van der Waals surface area contributed by atoms with Gasteiger partial charge in [-0.3, -0.25) is 4.79 Å². The summed E-state index contributed by atoms with van der Waals surface area (Å²) in [7, 11) is -3.68. The standard InChI is InChI=1S/C19H18N4O3S3/c1-13-17(18(24)22-29(2,25)26)21-19(28-13)23(10-9-16-4-3-11-27-16)15-7-5-14(12-20)6-8-15/h3-8,11H,9-10H2,1-2H3,(H,22,24). The summed E-state index contributed by atoms with van der Waals surface area (Å²) in [5.41, 5.74) is 1.48.